The van der Waals surface area contributed by atoms with Crippen molar-refractivity contribution in [3.05, 3.63) is 40.9 Å². The van der Waals surface area contributed by atoms with E-state index in [0.29, 0.717) is 35.1 Å². The maximum atomic E-state index is 14.0. The van der Waals surface area contributed by atoms with Crippen LogP contribution in [-0.2, 0) is 4.79 Å². The number of piperidine rings is 1. The Kier molecular flexibility index (Phi) is 7.22. The van der Waals surface area contributed by atoms with E-state index in [2.05, 4.69) is 4.98 Å². The first kappa shape index (κ1) is 23.8. The van der Waals surface area contributed by atoms with Crippen LogP contribution in [0.2, 0.25) is 0 Å². The molecule has 0 aliphatic carbocycles. The normalized spacial score (nSPS) is 17.1. The second kappa shape index (κ2) is 9.72. The van der Waals surface area contributed by atoms with Crippen molar-refractivity contribution in [2.75, 3.05) is 30.9 Å². The standard InChI is InChI=1S/C22H27F2N5O2S/c1-13(2)26-20(28(5)22-25-12-18(32-22)21(31)27(3)4)17-7-6-8-19(30)29(17)14-9-10-15(23)16(24)11-14/h9-13,17H,6-8H2,1-5H3/b26-20-/t17-/m0/s1. The van der Waals surface area contributed by atoms with E-state index in [1.54, 1.807) is 26.0 Å². The molecule has 1 atom stereocenters. The second-order valence-corrected chi connectivity index (χ2v) is 9.13. The summed E-state index contributed by atoms with van der Waals surface area (Å²) >= 11 is 1.23. The fourth-order valence-electron chi connectivity index (χ4n) is 3.57. The maximum absolute atomic E-state index is 14.0. The Balaban J connectivity index is 2.02. The smallest absolute Gasteiger partial charge is 0.265 e. The minimum atomic E-state index is -1.01. The number of aliphatic imine (C=N–C) groups is 1. The number of anilines is 2. The van der Waals surface area contributed by atoms with Gasteiger partial charge in [-0.25, -0.2) is 13.8 Å². The zero-order valence-electron chi connectivity index (χ0n) is 18.8. The molecule has 2 heterocycles. The van der Waals surface area contributed by atoms with Crippen molar-refractivity contribution in [3.63, 3.8) is 0 Å². The molecule has 0 bridgehead atoms. The van der Waals surface area contributed by atoms with Crippen molar-refractivity contribution in [2.24, 2.45) is 4.99 Å². The summed E-state index contributed by atoms with van der Waals surface area (Å²) in [6.07, 6.45) is 3.09. The summed E-state index contributed by atoms with van der Waals surface area (Å²) in [5.74, 6) is -1.73. The molecule has 1 aromatic heterocycles. The van der Waals surface area contributed by atoms with Gasteiger partial charge < -0.3 is 14.7 Å². The van der Waals surface area contributed by atoms with E-state index in [-0.39, 0.29) is 23.5 Å². The fourth-order valence-corrected chi connectivity index (χ4v) is 4.48. The minimum absolute atomic E-state index is 0.0841. The molecular formula is C22H27F2N5O2S. The number of amidine groups is 1. The van der Waals surface area contributed by atoms with Crippen molar-refractivity contribution in [3.8, 4) is 0 Å². The Morgan fingerprint density at radius 3 is 2.59 bits per heavy atom. The summed E-state index contributed by atoms with van der Waals surface area (Å²) in [6, 6.07) is 2.89. The maximum Gasteiger partial charge on any atom is 0.265 e. The van der Waals surface area contributed by atoms with Gasteiger partial charge in [0.25, 0.3) is 5.91 Å². The van der Waals surface area contributed by atoms with Crippen molar-refractivity contribution >= 4 is 39.8 Å². The molecule has 0 radical (unpaired) electrons. The first-order valence-corrected chi connectivity index (χ1v) is 11.2. The van der Waals surface area contributed by atoms with Crippen molar-refractivity contribution in [1.82, 2.24) is 9.88 Å². The second-order valence-electron chi connectivity index (χ2n) is 8.12. The molecule has 3 rings (SSSR count). The fraction of sp³-hybridized carbons (Fsp3) is 0.455. The summed E-state index contributed by atoms with van der Waals surface area (Å²) in [7, 11) is 5.13. The summed E-state index contributed by atoms with van der Waals surface area (Å²) in [4.78, 5) is 39.6. The van der Waals surface area contributed by atoms with Gasteiger partial charge in [-0.3, -0.25) is 14.6 Å². The zero-order chi connectivity index (χ0) is 23.6. The molecule has 0 spiro atoms. The van der Waals surface area contributed by atoms with Crippen LogP contribution in [0.3, 0.4) is 0 Å². The van der Waals surface area contributed by atoms with Crippen LogP contribution in [0.1, 0.15) is 42.8 Å². The van der Waals surface area contributed by atoms with Gasteiger partial charge in [-0.15, -0.1) is 0 Å². The Morgan fingerprint density at radius 2 is 1.97 bits per heavy atom. The molecule has 1 aromatic carbocycles. The molecule has 2 amide bonds. The van der Waals surface area contributed by atoms with Crippen LogP contribution in [-0.4, -0.2) is 60.8 Å². The van der Waals surface area contributed by atoms with Crippen LogP contribution in [0.4, 0.5) is 19.6 Å². The number of carbonyl (C=O) groups is 2. The number of hydrogen-bond acceptors (Lipinski definition) is 5. The third-order valence-corrected chi connectivity index (χ3v) is 6.12. The molecule has 1 aliphatic rings. The number of thiazole rings is 1. The van der Waals surface area contributed by atoms with E-state index in [0.717, 1.165) is 12.1 Å². The van der Waals surface area contributed by atoms with Crippen LogP contribution in [0.15, 0.2) is 29.4 Å². The summed E-state index contributed by atoms with van der Waals surface area (Å²) < 4.78 is 27.5. The van der Waals surface area contributed by atoms with Gasteiger partial charge in [0.15, 0.2) is 16.8 Å². The molecule has 10 heteroatoms. The number of aromatic nitrogens is 1. The highest BCUT2D eigenvalue weighted by atomic mass is 32.1. The van der Waals surface area contributed by atoms with Gasteiger partial charge in [-0.2, -0.15) is 0 Å². The molecule has 0 N–H and O–H groups in total. The molecular weight excluding hydrogens is 436 g/mol. The van der Waals surface area contributed by atoms with Crippen molar-refractivity contribution in [2.45, 2.75) is 45.2 Å². The molecule has 0 saturated carbocycles. The van der Waals surface area contributed by atoms with Gasteiger partial charge in [-0.1, -0.05) is 11.3 Å². The molecule has 7 nitrogen and oxygen atoms in total. The lowest BCUT2D eigenvalue weighted by Crippen LogP contribution is -2.53. The van der Waals surface area contributed by atoms with E-state index in [9.17, 15) is 18.4 Å². The lowest BCUT2D eigenvalue weighted by Gasteiger charge is -2.38. The number of hydrogen-bond donors (Lipinski definition) is 0. The number of benzene rings is 1. The summed E-state index contributed by atoms with van der Waals surface area (Å²) in [6.45, 7) is 3.84. The quantitative estimate of drug-likeness (QED) is 0.497. The SMILES string of the molecule is CC(C)/N=C(/[C@@H]1CCCC(=O)N1c1ccc(F)c(F)c1)N(C)c1ncc(C(=O)N(C)C)s1. The highest BCUT2D eigenvalue weighted by molar-refractivity contribution is 7.17. The minimum Gasteiger partial charge on any atom is -0.344 e. The summed E-state index contributed by atoms with van der Waals surface area (Å²) in [5.41, 5.74) is 0.283. The highest BCUT2D eigenvalue weighted by Crippen LogP contribution is 2.31. The van der Waals surface area contributed by atoms with Gasteiger partial charge in [0.2, 0.25) is 5.91 Å². The lowest BCUT2D eigenvalue weighted by molar-refractivity contribution is -0.119. The Morgan fingerprint density at radius 1 is 1.25 bits per heavy atom. The van der Waals surface area contributed by atoms with Crippen LogP contribution in [0.25, 0.3) is 0 Å². The number of rotatable bonds is 5. The molecule has 1 saturated heterocycles. The predicted molar refractivity (Wildman–Crippen MR) is 123 cm³/mol. The molecule has 172 valence electrons. The topological polar surface area (TPSA) is 69.1 Å². The Hall–Kier alpha value is -2.88. The van der Waals surface area contributed by atoms with Gasteiger partial charge in [0.1, 0.15) is 10.7 Å². The third-order valence-electron chi connectivity index (χ3n) is 5.06. The van der Waals surface area contributed by atoms with E-state index in [1.165, 1.54) is 33.4 Å². The first-order valence-electron chi connectivity index (χ1n) is 10.4. The average molecular weight is 464 g/mol. The van der Waals surface area contributed by atoms with Crippen molar-refractivity contribution in [1.29, 1.82) is 0 Å². The van der Waals surface area contributed by atoms with E-state index >= 15 is 0 Å². The summed E-state index contributed by atoms with van der Waals surface area (Å²) in [5, 5.41) is 0.554. The molecule has 1 aliphatic heterocycles. The lowest BCUT2D eigenvalue weighted by atomic mass is 9.98. The Labute approximate surface area is 190 Å². The average Bonchev–Trinajstić information content (AvgIpc) is 3.23. The van der Waals surface area contributed by atoms with Crippen LogP contribution >= 0.6 is 11.3 Å². The van der Waals surface area contributed by atoms with Gasteiger partial charge in [-0.05, 0) is 38.8 Å². The number of likely N-dealkylation sites (N-methyl/N-ethyl adjacent to an activating group) is 1. The van der Waals surface area contributed by atoms with Gasteiger partial charge in [0, 0.05) is 45.4 Å². The van der Waals surface area contributed by atoms with Crippen molar-refractivity contribution < 1.29 is 18.4 Å². The van der Waals surface area contributed by atoms with Gasteiger partial charge >= 0.3 is 0 Å². The number of nitrogens with zero attached hydrogens (tertiary/aromatic N) is 5. The molecule has 32 heavy (non-hydrogen) atoms. The predicted octanol–water partition coefficient (Wildman–Crippen LogP) is 3.95. The number of carbonyl (C=O) groups excluding carboxylic acids is 2. The van der Waals surface area contributed by atoms with Crippen LogP contribution < -0.4 is 9.80 Å². The van der Waals surface area contributed by atoms with Gasteiger partial charge in [0.05, 0.1) is 12.2 Å². The van der Waals surface area contributed by atoms with Crippen LogP contribution in [0, 0.1) is 11.6 Å². The van der Waals surface area contributed by atoms with E-state index in [1.807, 2.05) is 13.8 Å². The third kappa shape index (κ3) is 4.95. The molecule has 0 unspecified atom stereocenters. The number of halogens is 2. The van der Waals surface area contributed by atoms with E-state index < -0.39 is 17.7 Å². The van der Waals surface area contributed by atoms with E-state index in [4.69, 9.17) is 4.99 Å². The largest absolute Gasteiger partial charge is 0.344 e. The Bertz CT molecular complexity index is 1040. The van der Waals surface area contributed by atoms with Crippen LogP contribution in [0.5, 0.6) is 0 Å². The highest BCUT2D eigenvalue weighted by Gasteiger charge is 2.36. The number of amides is 2. The monoisotopic (exact) mass is 463 g/mol. The zero-order valence-corrected chi connectivity index (χ0v) is 19.6. The molecule has 2 aromatic rings. The first-order chi connectivity index (χ1) is 15.1. The molecule has 1 fully saturated rings.